The van der Waals surface area contributed by atoms with Crippen molar-refractivity contribution in [1.82, 2.24) is 0 Å². The number of carboxylic acids is 1. The van der Waals surface area contributed by atoms with Crippen molar-refractivity contribution >= 4 is 5.97 Å². The van der Waals surface area contributed by atoms with Crippen LogP contribution in [0.5, 0.6) is 11.5 Å². The molecule has 2 aromatic rings. The van der Waals surface area contributed by atoms with E-state index in [0.717, 1.165) is 11.1 Å². The van der Waals surface area contributed by atoms with Crippen molar-refractivity contribution in [3.63, 3.8) is 0 Å². The van der Waals surface area contributed by atoms with Gasteiger partial charge in [0.15, 0.2) is 0 Å². The van der Waals surface area contributed by atoms with Gasteiger partial charge in [0.1, 0.15) is 11.5 Å². The highest BCUT2D eigenvalue weighted by atomic mass is 19.4. The zero-order valence-electron chi connectivity index (χ0n) is 11.8. The van der Waals surface area contributed by atoms with E-state index in [9.17, 15) is 18.0 Å². The number of halogens is 3. The van der Waals surface area contributed by atoms with Crippen LogP contribution in [0.15, 0.2) is 48.5 Å². The topological polar surface area (TPSA) is 55.8 Å². The second-order valence-electron chi connectivity index (χ2n) is 4.59. The van der Waals surface area contributed by atoms with Crippen molar-refractivity contribution in [2.45, 2.75) is 12.8 Å². The van der Waals surface area contributed by atoms with Gasteiger partial charge in [-0.2, -0.15) is 0 Å². The molecular formula is C16H13F3O4. The molecule has 2 aromatic carbocycles. The quantitative estimate of drug-likeness (QED) is 0.868. The van der Waals surface area contributed by atoms with Crippen LogP contribution in [0.3, 0.4) is 0 Å². The number of carboxylic acid groups (broad SMARTS) is 1. The lowest BCUT2D eigenvalue weighted by molar-refractivity contribution is -0.274. The third-order valence-electron chi connectivity index (χ3n) is 2.86. The molecule has 7 heteroatoms. The van der Waals surface area contributed by atoms with Crippen LogP contribution in [-0.2, 0) is 4.79 Å². The highest BCUT2D eigenvalue weighted by Gasteiger charge is 2.30. The molecule has 0 aliphatic rings. The highest BCUT2D eigenvalue weighted by Crippen LogP contribution is 2.27. The first kappa shape index (κ1) is 16.7. The van der Waals surface area contributed by atoms with Gasteiger partial charge in [-0.25, -0.2) is 0 Å². The Morgan fingerprint density at radius 1 is 0.913 bits per heavy atom. The lowest BCUT2D eigenvalue weighted by Gasteiger charge is -2.10. The fourth-order valence-electron chi connectivity index (χ4n) is 1.85. The number of ether oxygens (including phenoxy) is 2. The number of rotatable bonds is 6. The Kier molecular flexibility index (Phi) is 5.10. The summed E-state index contributed by atoms with van der Waals surface area (Å²) in [5.74, 6) is -0.704. The van der Waals surface area contributed by atoms with Gasteiger partial charge in [-0.05, 0) is 35.4 Å². The second-order valence-corrected chi connectivity index (χ2v) is 4.59. The molecule has 0 spiro atoms. The van der Waals surface area contributed by atoms with Gasteiger partial charge in [0.05, 0.1) is 13.0 Å². The maximum absolute atomic E-state index is 12.1. The number of carbonyl (C=O) groups is 1. The van der Waals surface area contributed by atoms with Crippen LogP contribution in [0.1, 0.15) is 6.42 Å². The smallest absolute Gasteiger partial charge is 0.493 e. The molecule has 0 unspecified atom stereocenters. The van der Waals surface area contributed by atoms with Gasteiger partial charge in [-0.3, -0.25) is 4.79 Å². The molecule has 0 bridgehead atoms. The van der Waals surface area contributed by atoms with E-state index < -0.39 is 12.3 Å². The van der Waals surface area contributed by atoms with E-state index in [4.69, 9.17) is 9.84 Å². The van der Waals surface area contributed by atoms with Gasteiger partial charge in [0, 0.05) is 0 Å². The predicted molar refractivity (Wildman–Crippen MR) is 76.3 cm³/mol. The second kappa shape index (κ2) is 7.04. The molecule has 4 nitrogen and oxygen atoms in total. The van der Waals surface area contributed by atoms with E-state index in [2.05, 4.69) is 4.74 Å². The van der Waals surface area contributed by atoms with Crippen LogP contribution in [0.25, 0.3) is 11.1 Å². The molecule has 0 amide bonds. The number of benzene rings is 2. The Bertz CT molecular complexity index is 649. The zero-order valence-corrected chi connectivity index (χ0v) is 11.8. The van der Waals surface area contributed by atoms with Crippen molar-refractivity contribution in [2.24, 2.45) is 0 Å². The summed E-state index contributed by atoms with van der Waals surface area (Å²) >= 11 is 0. The van der Waals surface area contributed by atoms with Crippen LogP contribution in [0.2, 0.25) is 0 Å². The van der Waals surface area contributed by atoms with Crippen molar-refractivity contribution in [2.75, 3.05) is 6.61 Å². The van der Waals surface area contributed by atoms with Gasteiger partial charge in [0.2, 0.25) is 0 Å². The van der Waals surface area contributed by atoms with Crippen molar-refractivity contribution in [3.05, 3.63) is 48.5 Å². The summed E-state index contributed by atoms with van der Waals surface area (Å²) in [5.41, 5.74) is 1.51. The molecule has 0 radical (unpaired) electrons. The molecule has 1 N–H and O–H groups in total. The van der Waals surface area contributed by atoms with Crippen molar-refractivity contribution in [3.8, 4) is 22.6 Å². The van der Waals surface area contributed by atoms with E-state index in [1.165, 1.54) is 24.3 Å². The summed E-state index contributed by atoms with van der Waals surface area (Å²) in [5, 5.41) is 8.52. The summed E-state index contributed by atoms with van der Waals surface area (Å²) in [6, 6.07) is 12.3. The highest BCUT2D eigenvalue weighted by molar-refractivity contribution is 5.67. The lowest BCUT2D eigenvalue weighted by Crippen LogP contribution is -2.16. The molecule has 0 saturated carbocycles. The van der Waals surface area contributed by atoms with Crippen LogP contribution in [0.4, 0.5) is 13.2 Å². The fourth-order valence-corrected chi connectivity index (χ4v) is 1.85. The zero-order chi connectivity index (χ0) is 16.9. The maximum atomic E-state index is 12.1. The average Bonchev–Trinajstić information content (AvgIpc) is 2.47. The Balaban J connectivity index is 2.00. The molecule has 0 aliphatic heterocycles. The molecule has 0 atom stereocenters. The van der Waals surface area contributed by atoms with Gasteiger partial charge in [-0.1, -0.05) is 24.3 Å². The Morgan fingerprint density at radius 3 is 1.83 bits per heavy atom. The van der Waals surface area contributed by atoms with E-state index in [0.29, 0.717) is 5.75 Å². The number of alkyl halides is 3. The van der Waals surface area contributed by atoms with Crippen LogP contribution >= 0.6 is 0 Å². The minimum atomic E-state index is -4.71. The van der Waals surface area contributed by atoms with E-state index >= 15 is 0 Å². The minimum Gasteiger partial charge on any atom is -0.493 e. The summed E-state index contributed by atoms with van der Waals surface area (Å²) in [7, 11) is 0. The van der Waals surface area contributed by atoms with Crippen LogP contribution in [-0.4, -0.2) is 24.0 Å². The molecule has 0 aliphatic carbocycles. The van der Waals surface area contributed by atoms with Gasteiger partial charge in [0.25, 0.3) is 0 Å². The maximum Gasteiger partial charge on any atom is 0.573 e. The summed E-state index contributed by atoms with van der Waals surface area (Å²) in [6.07, 6.45) is -4.81. The monoisotopic (exact) mass is 326 g/mol. The minimum absolute atomic E-state index is 0.0676. The number of hydrogen-bond donors (Lipinski definition) is 1. The van der Waals surface area contributed by atoms with Crippen LogP contribution in [0, 0.1) is 0 Å². The SMILES string of the molecule is O=C(O)CCOc1ccc(-c2ccc(OC(F)(F)F)cc2)cc1. The third-order valence-corrected chi connectivity index (χ3v) is 2.86. The fraction of sp³-hybridized carbons (Fsp3) is 0.188. The normalized spacial score (nSPS) is 11.1. The van der Waals surface area contributed by atoms with E-state index in [1.54, 1.807) is 24.3 Å². The summed E-state index contributed by atoms with van der Waals surface area (Å²) in [4.78, 5) is 10.4. The Hall–Kier alpha value is -2.70. The first-order valence-electron chi connectivity index (χ1n) is 6.64. The standard InChI is InChI=1S/C16H13F3O4/c17-16(18,19)23-14-7-3-12(4-8-14)11-1-5-13(6-2-11)22-10-9-15(20)21/h1-8H,9-10H2,(H,20,21). The van der Waals surface area contributed by atoms with E-state index in [-0.39, 0.29) is 18.8 Å². The summed E-state index contributed by atoms with van der Waals surface area (Å²) < 4.78 is 45.3. The Labute approximate surface area is 130 Å². The van der Waals surface area contributed by atoms with Gasteiger partial charge >= 0.3 is 12.3 Å². The molecular weight excluding hydrogens is 313 g/mol. The molecule has 23 heavy (non-hydrogen) atoms. The summed E-state index contributed by atoms with van der Waals surface area (Å²) in [6.45, 7) is 0.0676. The average molecular weight is 326 g/mol. The molecule has 0 fully saturated rings. The molecule has 122 valence electrons. The first-order chi connectivity index (χ1) is 10.8. The van der Waals surface area contributed by atoms with Gasteiger partial charge in [-0.15, -0.1) is 13.2 Å². The van der Waals surface area contributed by atoms with Crippen LogP contribution < -0.4 is 9.47 Å². The third kappa shape index (κ3) is 5.54. The first-order valence-corrected chi connectivity index (χ1v) is 6.64. The predicted octanol–water partition coefficient (Wildman–Crippen LogP) is 4.11. The van der Waals surface area contributed by atoms with Gasteiger partial charge < -0.3 is 14.6 Å². The lowest BCUT2D eigenvalue weighted by atomic mass is 10.1. The van der Waals surface area contributed by atoms with Crippen molar-refractivity contribution < 1.29 is 32.5 Å². The number of aliphatic carboxylic acids is 1. The molecule has 2 rings (SSSR count). The Morgan fingerprint density at radius 2 is 1.39 bits per heavy atom. The molecule has 0 saturated heterocycles. The largest absolute Gasteiger partial charge is 0.573 e. The van der Waals surface area contributed by atoms with E-state index in [1.807, 2.05) is 0 Å². The number of hydrogen-bond acceptors (Lipinski definition) is 3. The molecule has 0 heterocycles. The van der Waals surface area contributed by atoms with Crippen molar-refractivity contribution in [1.29, 1.82) is 0 Å². The molecule has 0 aromatic heterocycles.